The number of benzene rings is 3. The predicted molar refractivity (Wildman–Crippen MR) is 112 cm³/mol. The molecule has 2 amide bonds. The largest absolute Gasteiger partial charge is 0.484 e. The number of anilines is 1. The van der Waals surface area contributed by atoms with Crippen LogP contribution in [0.1, 0.15) is 17.2 Å². The number of hydrogen-bond donors (Lipinski definition) is 1. The molecule has 1 aliphatic rings. The molecule has 3 aromatic rings. The molecule has 0 aliphatic carbocycles. The summed E-state index contributed by atoms with van der Waals surface area (Å²) in [5.41, 5.74) is 1.86. The van der Waals surface area contributed by atoms with E-state index in [4.69, 9.17) is 16.3 Å². The van der Waals surface area contributed by atoms with E-state index in [0.717, 1.165) is 0 Å². The Balaban J connectivity index is 1.72. The van der Waals surface area contributed by atoms with E-state index in [0.29, 0.717) is 27.6 Å². The van der Waals surface area contributed by atoms with Crippen molar-refractivity contribution in [3.8, 4) is 5.75 Å². The second-order valence-electron chi connectivity index (χ2n) is 6.86. The van der Waals surface area contributed by atoms with Crippen molar-refractivity contribution in [3.63, 3.8) is 0 Å². The zero-order chi connectivity index (χ0) is 21.1. The number of carbonyl (C=O) groups is 2. The first-order chi connectivity index (χ1) is 14.5. The summed E-state index contributed by atoms with van der Waals surface area (Å²) in [5, 5.41) is 3.28. The monoisotopic (exact) mass is 424 g/mol. The molecule has 152 valence electrons. The third-order valence-corrected chi connectivity index (χ3v) is 5.05. The molecule has 0 saturated carbocycles. The maximum absolute atomic E-state index is 13.5. The van der Waals surface area contributed by atoms with Crippen LogP contribution >= 0.6 is 11.6 Å². The normalized spacial score (nSPS) is 15.7. The van der Waals surface area contributed by atoms with Gasteiger partial charge in [0.25, 0.3) is 5.91 Å². The molecule has 0 aromatic heterocycles. The fourth-order valence-corrected chi connectivity index (χ4v) is 3.64. The molecule has 0 spiro atoms. The van der Waals surface area contributed by atoms with E-state index in [9.17, 15) is 14.0 Å². The Morgan fingerprint density at radius 2 is 1.83 bits per heavy atom. The molecule has 1 aliphatic heterocycles. The first-order valence-electron chi connectivity index (χ1n) is 9.33. The van der Waals surface area contributed by atoms with Crippen molar-refractivity contribution in [2.45, 2.75) is 6.04 Å². The van der Waals surface area contributed by atoms with E-state index in [1.165, 1.54) is 17.0 Å². The van der Waals surface area contributed by atoms with Crippen LogP contribution in [0.2, 0.25) is 5.02 Å². The number of hydrogen-bond acceptors (Lipinski definition) is 3. The van der Waals surface area contributed by atoms with Crippen molar-refractivity contribution < 1.29 is 18.7 Å². The molecular formula is C23H18ClFN2O3. The van der Waals surface area contributed by atoms with E-state index in [1.807, 2.05) is 6.07 Å². The lowest BCUT2D eigenvalue weighted by Gasteiger charge is -2.30. The van der Waals surface area contributed by atoms with Gasteiger partial charge in [0.05, 0.1) is 6.04 Å². The number of ether oxygens (including phenoxy) is 1. The molecule has 1 N–H and O–H groups in total. The fourth-order valence-electron chi connectivity index (χ4n) is 3.46. The quantitative estimate of drug-likeness (QED) is 0.674. The second kappa shape index (κ2) is 8.55. The van der Waals surface area contributed by atoms with Gasteiger partial charge in [-0.2, -0.15) is 0 Å². The highest BCUT2D eigenvalue weighted by atomic mass is 35.5. The molecule has 1 atom stereocenters. The van der Waals surface area contributed by atoms with E-state index in [2.05, 4.69) is 5.32 Å². The molecule has 0 unspecified atom stereocenters. The van der Waals surface area contributed by atoms with Crippen molar-refractivity contribution in [1.82, 2.24) is 4.90 Å². The maximum atomic E-state index is 13.5. The van der Waals surface area contributed by atoms with Gasteiger partial charge in [0.1, 0.15) is 18.1 Å². The average molecular weight is 425 g/mol. The number of amides is 2. The SMILES string of the molecule is O=C1CN(C(=O)COc2ccccc2)[C@H](c2ccc(F)cc2)c2cc(Cl)ccc2N1. The lowest BCUT2D eigenvalue weighted by molar-refractivity contribution is -0.138. The van der Waals surface area contributed by atoms with Crippen LogP contribution in [0.3, 0.4) is 0 Å². The van der Waals surface area contributed by atoms with Crippen LogP contribution in [-0.4, -0.2) is 29.9 Å². The van der Waals surface area contributed by atoms with Gasteiger partial charge < -0.3 is 15.0 Å². The molecule has 30 heavy (non-hydrogen) atoms. The van der Waals surface area contributed by atoms with E-state index >= 15 is 0 Å². The van der Waals surface area contributed by atoms with Crippen LogP contribution in [0.15, 0.2) is 72.8 Å². The Kier molecular flexibility index (Phi) is 5.68. The first-order valence-corrected chi connectivity index (χ1v) is 9.71. The topological polar surface area (TPSA) is 58.6 Å². The molecule has 4 rings (SSSR count). The van der Waals surface area contributed by atoms with Gasteiger partial charge in [0.15, 0.2) is 6.61 Å². The molecule has 0 bridgehead atoms. The summed E-state index contributed by atoms with van der Waals surface area (Å²) in [6.07, 6.45) is 0. The third-order valence-electron chi connectivity index (χ3n) is 4.82. The Hall–Kier alpha value is -3.38. The van der Waals surface area contributed by atoms with Crippen molar-refractivity contribution in [3.05, 3.63) is 94.8 Å². The summed E-state index contributed by atoms with van der Waals surface area (Å²) in [7, 11) is 0. The second-order valence-corrected chi connectivity index (χ2v) is 7.29. The van der Waals surface area contributed by atoms with Gasteiger partial charge in [0.2, 0.25) is 5.91 Å². The Labute approximate surface area is 178 Å². The van der Waals surface area contributed by atoms with E-state index < -0.39 is 11.9 Å². The fraction of sp³-hybridized carbons (Fsp3) is 0.130. The molecule has 7 heteroatoms. The maximum Gasteiger partial charge on any atom is 0.261 e. The van der Waals surface area contributed by atoms with Gasteiger partial charge in [-0.15, -0.1) is 0 Å². The molecule has 0 fully saturated rings. The molecule has 0 saturated heterocycles. The lowest BCUT2D eigenvalue weighted by Crippen LogP contribution is -2.41. The highest BCUT2D eigenvalue weighted by molar-refractivity contribution is 6.30. The minimum absolute atomic E-state index is 0.175. The summed E-state index contributed by atoms with van der Waals surface area (Å²) in [6.45, 7) is -0.420. The number of carbonyl (C=O) groups excluding carboxylic acids is 2. The molecule has 3 aromatic carbocycles. The van der Waals surface area contributed by atoms with Gasteiger partial charge in [-0.3, -0.25) is 9.59 Å². The van der Waals surface area contributed by atoms with Gasteiger partial charge in [-0.05, 0) is 48.0 Å². The van der Waals surface area contributed by atoms with Crippen LogP contribution in [0.5, 0.6) is 5.75 Å². The van der Waals surface area contributed by atoms with Gasteiger partial charge >= 0.3 is 0 Å². The van der Waals surface area contributed by atoms with E-state index in [1.54, 1.807) is 54.6 Å². The van der Waals surface area contributed by atoms with Crippen LogP contribution in [0, 0.1) is 5.82 Å². The van der Waals surface area contributed by atoms with Gasteiger partial charge in [-0.1, -0.05) is 41.9 Å². The molecule has 5 nitrogen and oxygen atoms in total. The van der Waals surface area contributed by atoms with E-state index in [-0.39, 0.29) is 25.0 Å². The van der Waals surface area contributed by atoms with Crippen molar-refractivity contribution in [1.29, 1.82) is 0 Å². The highest BCUT2D eigenvalue weighted by Gasteiger charge is 2.33. The summed E-state index contributed by atoms with van der Waals surface area (Å²) < 4.78 is 19.1. The number of nitrogens with zero attached hydrogens (tertiary/aromatic N) is 1. The standard InChI is InChI=1S/C23H18ClFN2O3/c24-16-8-11-20-19(12-16)23(15-6-9-17(25)10-7-15)27(13-21(28)26-20)22(29)14-30-18-4-2-1-3-5-18/h1-12,23H,13-14H2,(H,26,28)/t23-/m1/s1. The lowest BCUT2D eigenvalue weighted by atomic mass is 9.95. The van der Waals surface area contributed by atoms with Crippen molar-refractivity contribution in [2.24, 2.45) is 0 Å². The number of rotatable bonds is 4. The zero-order valence-electron chi connectivity index (χ0n) is 15.8. The van der Waals surface area contributed by atoms with Gasteiger partial charge in [0, 0.05) is 16.3 Å². The van der Waals surface area contributed by atoms with Crippen molar-refractivity contribution >= 4 is 29.1 Å². The summed E-state index contributed by atoms with van der Waals surface area (Å²) >= 11 is 6.21. The predicted octanol–water partition coefficient (Wildman–Crippen LogP) is 4.43. The summed E-state index contributed by atoms with van der Waals surface area (Å²) in [4.78, 5) is 27.1. The highest BCUT2D eigenvalue weighted by Crippen LogP contribution is 2.37. The third kappa shape index (κ3) is 4.28. The van der Waals surface area contributed by atoms with Crippen LogP contribution in [0.25, 0.3) is 0 Å². The Morgan fingerprint density at radius 3 is 2.57 bits per heavy atom. The summed E-state index contributed by atoms with van der Waals surface area (Å²) in [6, 6.07) is 19.2. The smallest absolute Gasteiger partial charge is 0.261 e. The van der Waals surface area contributed by atoms with Crippen LogP contribution < -0.4 is 10.1 Å². The molecular weight excluding hydrogens is 407 g/mol. The zero-order valence-corrected chi connectivity index (χ0v) is 16.6. The average Bonchev–Trinajstić information content (AvgIpc) is 2.89. The Bertz CT molecular complexity index is 1070. The number of para-hydroxylation sites is 1. The van der Waals surface area contributed by atoms with Crippen molar-refractivity contribution in [2.75, 3.05) is 18.5 Å². The number of nitrogens with one attached hydrogen (secondary N) is 1. The minimum atomic E-state index is -0.634. The number of halogens is 2. The minimum Gasteiger partial charge on any atom is -0.484 e. The van der Waals surface area contributed by atoms with Crippen LogP contribution in [0.4, 0.5) is 10.1 Å². The Morgan fingerprint density at radius 1 is 1.10 bits per heavy atom. The number of fused-ring (bicyclic) bond motifs is 1. The van der Waals surface area contributed by atoms with Gasteiger partial charge in [-0.25, -0.2) is 4.39 Å². The molecule has 1 heterocycles. The molecule has 0 radical (unpaired) electrons. The first kappa shape index (κ1) is 19.9. The summed E-state index contributed by atoms with van der Waals surface area (Å²) in [5.74, 6) is -0.558. The van der Waals surface area contributed by atoms with Crippen LogP contribution in [-0.2, 0) is 9.59 Å².